The molecule has 1 rings (SSSR count). The summed E-state index contributed by atoms with van der Waals surface area (Å²) in [7, 11) is 0. The molecule has 1 amide bonds. The predicted octanol–water partition coefficient (Wildman–Crippen LogP) is 2.49. The molecule has 0 radical (unpaired) electrons. The van der Waals surface area contributed by atoms with Crippen LogP contribution in [0.15, 0.2) is 24.3 Å². The van der Waals surface area contributed by atoms with Gasteiger partial charge in [-0.3, -0.25) is 4.79 Å². The van der Waals surface area contributed by atoms with E-state index in [0.29, 0.717) is 23.6 Å². The molecule has 0 aromatic heterocycles. The molecule has 6 heteroatoms. The van der Waals surface area contributed by atoms with Crippen LogP contribution >= 0.6 is 11.6 Å². The Bertz CT molecular complexity index is 480. The number of hydrogen-bond acceptors (Lipinski definition) is 3. The van der Waals surface area contributed by atoms with Gasteiger partial charge in [0.2, 0.25) is 5.91 Å². The van der Waals surface area contributed by atoms with Crippen molar-refractivity contribution in [1.29, 1.82) is 0 Å². The van der Waals surface area contributed by atoms with Crippen LogP contribution in [0.4, 0.5) is 0 Å². The standard InChI is InChI=1S/C15H21ClN2O3/c16-12-8-5-4-7-11(12)14(15(20)21)18-13(19)9-3-1-2-6-10-17/h4-5,7-8,14H,1-3,6,9-10,17H2,(H,18,19)(H,20,21)/t14-/m1/s1. The monoisotopic (exact) mass is 312 g/mol. The molecular formula is C15H21ClN2O3. The van der Waals surface area contributed by atoms with E-state index in [0.717, 1.165) is 25.7 Å². The van der Waals surface area contributed by atoms with Crippen LogP contribution in [0, 0.1) is 0 Å². The van der Waals surface area contributed by atoms with E-state index in [2.05, 4.69) is 5.32 Å². The number of carboxylic acids is 1. The van der Waals surface area contributed by atoms with Crippen LogP contribution < -0.4 is 11.1 Å². The molecular weight excluding hydrogens is 292 g/mol. The Labute approximate surface area is 129 Å². The second-order valence-electron chi connectivity index (χ2n) is 4.81. The zero-order chi connectivity index (χ0) is 15.7. The lowest BCUT2D eigenvalue weighted by Gasteiger charge is -2.16. The third-order valence-corrected chi connectivity index (χ3v) is 3.47. The van der Waals surface area contributed by atoms with Gasteiger partial charge in [-0.25, -0.2) is 4.79 Å². The van der Waals surface area contributed by atoms with Crippen LogP contribution in [0.5, 0.6) is 0 Å². The van der Waals surface area contributed by atoms with Crippen LogP contribution in [0.1, 0.15) is 43.7 Å². The van der Waals surface area contributed by atoms with Gasteiger partial charge in [0.25, 0.3) is 0 Å². The lowest BCUT2D eigenvalue weighted by Crippen LogP contribution is -2.33. The van der Waals surface area contributed by atoms with Gasteiger partial charge in [-0.1, -0.05) is 42.6 Å². The van der Waals surface area contributed by atoms with E-state index < -0.39 is 12.0 Å². The minimum atomic E-state index is -1.13. The van der Waals surface area contributed by atoms with Gasteiger partial charge >= 0.3 is 5.97 Å². The number of aliphatic carboxylic acids is 1. The fourth-order valence-electron chi connectivity index (χ4n) is 2.00. The van der Waals surface area contributed by atoms with E-state index in [4.69, 9.17) is 17.3 Å². The average molecular weight is 313 g/mol. The van der Waals surface area contributed by atoms with Gasteiger partial charge in [-0.2, -0.15) is 0 Å². The highest BCUT2D eigenvalue weighted by Gasteiger charge is 2.23. The van der Waals surface area contributed by atoms with Crippen LogP contribution in [0.25, 0.3) is 0 Å². The van der Waals surface area contributed by atoms with Crippen LogP contribution in [-0.4, -0.2) is 23.5 Å². The average Bonchev–Trinajstić information content (AvgIpc) is 2.45. The Morgan fingerprint density at radius 1 is 1.19 bits per heavy atom. The topological polar surface area (TPSA) is 92.4 Å². The number of nitrogens with two attached hydrogens (primary N) is 1. The first kappa shape index (κ1) is 17.5. The Morgan fingerprint density at radius 3 is 2.48 bits per heavy atom. The van der Waals surface area contributed by atoms with Crippen molar-refractivity contribution < 1.29 is 14.7 Å². The Morgan fingerprint density at radius 2 is 1.86 bits per heavy atom. The van der Waals surface area contributed by atoms with Crippen LogP contribution in [0.2, 0.25) is 5.02 Å². The molecule has 0 unspecified atom stereocenters. The number of amides is 1. The smallest absolute Gasteiger partial charge is 0.330 e. The maximum Gasteiger partial charge on any atom is 0.330 e. The molecule has 0 aliphatic carbocycles. The van der Waals surface area contributed by atoms with Crippen molar-refractivity contribution in [2.45, 2.75) is 38.1 Å². The molecule has 0 spiro atoms. The molecule has 0 saturated carbocycles. The molecule has 1 aromatic rings. The Balaban J connectivity index is 2.54. The van der Waals surface area contributed by atoms with Crippen molar-refractivity contribution in [3.63, 3.8) is 0 Å². The summed E-state index contributed by atoms with van der Waals surface area (Å²) >= 11 is 5.98. The summed E-state index contributed by atoms with van der Waals surface area (Å²) in [5.41, 5.74) is 5.78. The number of carbonyl (C=O) groups excluding carboxylic acids is 1. The summed E-state index contributed by atoms with van der Waals surface area (Å²) in [5, 5.41) is 12.1. The summed E-state index contributed by atoms with van der Waals surface area (Å²) in [4.78, 5) is 23.1. The molecule has 1 aromatic carbocycles. The zero-order valence-corrected chi connectivity index (χ0v) is 12.6. The lowest BCUT2D eigenvalue weighted by atomic mass is 10.1. The van der Waals surface area contributed by atoms with Gasteiger partial charge < -0.3 is 16.2 Å². The SMILES string of the molecule is NCCCCCCC(=O)N[C@@H](C(=O)O)c1ccccc1Cl. The second kappa shape index (κ2) is 9.37. The molecule has 0 bridgehead atoms. The molecule has 0 saturated heterocycles. The molecule has 116 valence electrons. The fourth-order valence-corrected chi connectivity index (χ4v) is 2.24. The summed E-state index contributed by atoms with van der Waals surface area (Å²) in [6.45, 7) is 0.653. The summed E-state index contributed by atoms with van der Waals surface area (Å²) in [6, 6.07) is 5.49. The quantitative estimate of drug-likeness (QED) is 0.611. The van der Waals surface area contributed by atoms with Crippen molar-refractivity contribution in [3.8, 4) is 0 Å². The Hall–Kier alpha value is -1.59. The number of carboxylic acid groups (broad SMARTS) is 1. The van der Waals surface area contributed by atoms with Crippen molar-refractivity contribution >= 4 is 23.5 Å². The molecule has 1 atom stereocenters. The van der Waals surface area contributed by atoms with E-state index in [9.17, 15) is 14.7 Å². The molecule has 21 heavy (non-hydrogen) atoms. The van der Waals surface area contributed by atoms with Crippen LogP contribution in [-0.2, 0) is 9.59 Å². The van der Waals surface area contributed by atoms with Gasteiger partial charge in [-0.15, -0.1) is 0 Å². The number of benzene rings is 1. The molecule has 0 heterocycles. The molecule has 5 nitrogen and oxygen atoms in total. The van der Waals surface area contributed by atoms with Crippen molar-refractivity contribution in [2.24, 2.45) is 5.73 Å². The van der Waals surface area contributed by atoms with Gasteiger partial charge in [0.15, 0.2) is 6.04 Å². The maximum atomic E-state index is 11.8. The third-order valence-electron chi connectivity index (χ3n) is 3.13. The third kappa shape index (κ3) is 6.14. The van der Waals surface area contributed by atoms with Crippen LogP contribution in [0.3, 0.4) is 0 Å². The minimum absolute atomic E-state index is 0.282. The summed E-state index contributed by atoms with van der Waals surface area (Å²) in [5.74, 6) is -1.41. The molecule has 0 aliphatic rings. The summed E-state index contributed by atoms with van der Waals surface area (Å²) in [6.07, 6.45) is 3.86. The van der Waals surface area contributed by atoms with E-state index in [1.807, 2.05) is 0 Å². The van der Waals surface area contributed by atoms with E-state index in [1.165, 1.54) is 0 Å². The number of hydrogen-bond donors (Lipinski definition) is 3. The highest BCUT2D eigenvalue weighted by Crippen LogP contribution is 2.23. The molecule has 0 aliphatic heterocycles. The Kier molecular flexibility index (Phi) is 7.79. The highest BCUT2D eigenvalue weighted by molar-refractivity contribution is 6.31. The largest absolute Gasteiger partial charge is 0.479 e. The minimum Gasteiger partial charge on any atom is -0.479 e. The molecule has 0 fully saturated rings. The maximum absolute atomic E-state index is 11.8. The van der Waals surface area contributed by atoms with Gasteiger partial charge in [0.05, 0.1) is 0 Å². The summed E-state index contributed by atoms with van der Waals surface area (Å²) < 4.78 is 0. The van der Waals surface area contributed by atoms with E-state index in [1.54, 1.807) is 24.3 Å². The van der Waals surface area contributed by atoms with E-state index in [-0.39, 0.29) is 5.91 Å². The zero-order valence-electron chi connectivity index (χ0n) is 11.8. The highest BCUT2D eigenvalue weighted by atomic mass is 35.5. The number of carbonyl (C=O) groups is 2. The first-order valence-electron chi connectivity index (χ1n) is 7.03. The van der Waals surface area contributed by atoms with E-state index >= 15 is 0 Å². The first-order valence-corrected chi connectivity index (χ1v) is 7.40. The molecule has 4 N–H and O–H groups in total. The number of unbranched alkanes of at least 4 members (excludes halogenated alkanes) is 3. The normalized spacial score (nSPS) is 11.9. The van der Waals surface area contributed by atoms with Crippen molar-refractivity contribution in [3.05, 3.63) is 34.9 Å². The number of rotatable bonds is 9. The first-order chi connectivity index (χ1) is 10.1. The van der Waals surface area contributed by atoms with Gasteiger partial charge in [-0.05, 0) is 25.5 Å². The van der Waals surface area contributed by atoms with Gasteiger partial charge in [0.1, 0.15) is 0 Å². The number of nitrogens with one attached hydrogen (secondary N) is 1. The van der Waals surface area contributed by atoms with Gasteiger partial charge in [0, 0.05) is 17.0 Å². The van der Waals surface area contributed by atoms with Crippen molar-refractivity contribution in [2.75, 3.05) is 6.54 Å². The second-order valence-corrected chi connectivity index (χ2v) is 5.22. The number of halogens is 1. The fraction of sp³-hybridized carbons (Fsp3) is 0.467. The predicted molar refractivity (Wildman–Crippen MR) is 82.1 cm³/mol. The van der Waals surface area contributed by atoms with Crippen molar-refractivity contribution in [1.82, 2.24) is 5.32 Å². The lowest BCUT2D eigenvalue weighted by molar-refractivity contribution is -0.142.